The van der Waals surface area contributed by atoms with Gasteiger partial charge in [0.15, 0.2) is 0 Å². The lowest BCUT2D eigenvalue weighted by atomic mass is 9.97. The average molecular weight is 562 g/mol. The highest BCUT2D eigenvalue weighted by Crippen LogP contribution is 2.37. The second-order valence-corrected chi connectivity index (χ2v) is 8.88. The molecule has 0 spiro atoms. The van der Waals surface area contributed by atoms with Crippen molar-refractivity contribution in [1.82, 2.24) is 14.8 Å². The molecule has 0 aliphatic heterocycles. The minimum Gasteiger partial charge on any atom is -0.326 e. The fourth-order valence-electron chi connectivity index (χ4n) is 3.62. The summed E-state index contributed by atoms with van der Waals surface area (Å²) in [6.07, 6.45) is -1.72. The second kappa shape index (κ2) is 13.0. The van der Waals surface area contributed by atoms with Gasteiger partial charge in [-0.25, -0.2) is 9.67 Å². The third-order valence-corrected chi connectivity index (χ3v) is 5.70. The highest BCUT2D eigenvalue weighted by molar-refractivity contribution is 5.92. The summed E-state index contributed by atoms with van der Waals surface area (Å²) in [5, 5.41) is 34.9. The number of nitro groups is 1. The van der Waals surface area contributed by atoms with E-state index in [0.717, 1.165) is 23.3 Å². The number of carbonyl (C=O) groups is 1. The van der Waals surface area contributed by atoms with Crippen molar-refractivity contribution in [3.05, 3.63) is 117 Å². The molecule has 0 saturated carbocycles. The molecule has 0 unspecified atom stereocenters. The monoisotopic (exact) mass is 561 g/mol. The van der Waals surface area contributed by atoms with E-state index in [2.05, 4.69) is 27.5 Å². The maximum Gasteiger partial charge on any atom is 0.423 e. The number of halogens is 3. The van der Waals surface area contributed by atoms with Crippen LogP contribution in [0.5, 0.6) is 0 Å². The van der Waals surface area contributed by atoms with Gasteiger partial charge in [0.2, 0.25) is 5.91 Å². The van der Waals surface area contributed by atoms with Crippen molar-refractivity contribution in [3.8, 4) is 12.1 Å². The van der Waals surface area contributed by atoms with Gasteiger partial charge in [-0.2, -0.15) is 28.8 Å². The fraction of sp³-hybridized carbons (Fsp3) is 0.179. The molecule has 10 nitrogen and oxygen atoms in total. The summed E-state index contributed by atoms with van der Waals surface area (Å²) in [4.78, 5) is 24.8. The lowest BCUT2D eigenvalue weighted by Gasteiger charge is -2.18. The normalized spacial score (nSPS) is 10.8. The smallest absolute Gasteiger partial charge is 0.326 e. The maximum absolute atomic E-state index is 12.7. The van der Waals surface area contributed by atoms with E-state index in [1.165, 1.54) is 6.33 Å². The van der Waals surface area contributed by atoms with Crippen molar-refractivity contribution in [2.45, 2.75) is 26.1 Å². The molecular weight excluding hydrogens is 539 g/mol. The Morgan fingerprint density at radius 1 is 0.976 bits per heavy atom. The summed E-state index contributed by atoms with van der Waals surface area (Å²) in [5.41, 5.74) is 0.649. The number of benzene rings is 3. The van der Waals surface area contributed by atoms with Crippen molar-refractivity contribution >= 4 is 17.3 Å². The van der Waals surface area contributed by atoms with E-state index in [-0.39, 0.29) is 11.7 Å². The highest BCUT2D eigenvalue weighted by Gasteiger charge is 2.38. The minimum absolute atomic E-state index is 0.128. The summed E-state index contributed by atoms with van der Waals surface area (Å²) in [6.45, 7) is 3.15. The molecule has 3 aromatic carbocycles. The van der Waals surface area contributed by atoms with Crippen LogP contribution in [0.3, 0.4) is 0 Å². The van der Waals surface area contributed by atoms with Gasteiger partial charge in [-0.15, -0.1) is 0 Å². The number of rotatable bonds is 6. The van der Waals surface area contributed by atoms with Crippen LogP contribution in [0.2, 0.25) is 0 Å². The predicted octanol–water partition coefficient (Wildman–Crippen LogP) is 5.87. The van der Waals surface area contributed by atoms with Gasteiger partial charge in [-0.3, -0.25) is 14.9 Å². The molecular formula is C28H22F3N7O3. The van der Waals surface area contributed by atoms with Gasteiger partial charge < -0.3 is 5.32 Å². The van der Waals surface area contributed by atoms with Gasteiger partial charge in [0.25, 0.3) is 5.69 Å². The number of alkyl halides is 3. The van der Waals surface area contributed by atoms with Gasteiger partial charge in [0.05, 0.1) is 28.2 Å². The molecule has 0 radical (unpaired) electrons. The Bertz CT molecular complexity index is 1530. The lowest BCUT2D eigenvalue weighted by molar-refractivity contribution is -0.388. The van der Waals surface area contributed by atoms with Crippen molar-refractivity contribution < 1.29 is 22.9 Å². The van der Waals surface area contributed by atoms with Crippen LogP contribution in [0.15, 0.2) is 79.4 Å². The van der Waals surface area contributed by atoms with Crippen LogP contribution in [-0.4, -0.2) is 25.6 Å². The summed E-state index contributed by atoms with van der Waals surface area (Å²) >= 11 is 0. The Balaban J connectivity index is 0.000000229. The molecule has 0 fully saturated rings. The van der Waals surface area contributed by atoms with Crippen molar-refractivity contribution in [2.24, 2.45) is 5.92 Å². The number of amides is 1. The quantitative estimate of drug-likeness (QED) is 0.228. The van der Waals surface area contributed by atoms with Crippen LogP contribution < -0.4 is 5.32 Å². The first-order valence-corrected chi connectivity index (χ1v) is 11.9. The molecule has 13 heteroatoms. The van der Waals surface area contributed by atoms with Crippen LogP contribution >= 0.6 is 0 Å². The number of carbonyl (C=O) groups excluding carboxylic acids is 1. The van der Waals surface area contributed by atoms with Crippen LogP contribution in [0.1, 0.15) is 47.7 Å². The van der Waals surface area contributed by atoms with E-state index in [1.54, 1.807) is 49.1 Å². The molecule has 0 aliphatic carbocycles. The summed E-state index contributed by atoms with van der Waals surface area (Å²) in [5.74, 6) is -0.883. The Labute approximate surface area is 232 Å². The minimum atomic E-state index is -4.86. The zero-order chi connectivity index (χ0) is 30.2. The molecule has 0 aliphatic rings. The molecule has 41 heavy (non-hydrogen) atoms. The number of nitriles is 2. The molecule has 0 bridgehead atoms. The number of nitro benzene ring substituents is 1. The molecule has 1 heterocycles. The summed E-state index contributed by atoms with van der Waals surface area (Å²) in [6, 6.07) is 21.2. The average Bonchev–Trinajstić information content (AvgIpc) is 3.48. The molecule has 1 aromatic heterocycles. The molecule has 1 N–H and O–H groups in total. The third-order valence-electron chi connectivity index (χ3n) is 5.70. The lowest BCUT2D eigenvalue weighted by Crippen LogP contribution is -2.18. The number of hydrogen-bond donors (Lipinski definition) is 1. The van der Waals surface area contributed by atoms with E-state index < -0.39 is 34.2 Å². The Morgan fingerprint density at radius 3 is 1.90 bits per heavy atom. The zero-order valence-electron chi connectivity index (χ0n) is 21.7. The Kier molecular flexibility index (Phi) is 9.50. The Morgan fingerprint density at radius 2 is 1.51 bits per heavy atom. The van der Waals surface area contributed by atoms with E-state index >= 15 is 0 Å². The van der Waals surface area contributed by atoms with Crippen LogP contribution in [0.25, 0.3) is 0 Å². The van der Waals surface area contributed by atoms with E-state index in [4.69, 9.17) is 10.5 Å². The first-order valence-electron chi connectivity index (χ1n) is 11.9. The summed E-state index contributed by atoms with van der Waals surface area (Å²) < 4.78 is 39.8. The van der Waals surface area contributed by atoms with Crippen molar-refractivity contribution in [2.75, 3.05) is 5.32 Å². The molecule has 4 aromatic rings. The van der Waals surface area contributed by atoms with Crippen LogP contribution in [0.4, 0.5) is 24.5 Å². The number of nitrogens with one attached hydrogen (secondary N) is 1. The third kappa shape index (κ3) is 7.74. The first-order chi connectivity index (χ1) is 19.4. The van der Waals surface area contributed by atoms with Gasteiger partial charge in [0.1, 0.15) is 24.3 Å². The topological polar surface area (TPSA) is 151 Å². The SMILES string of the molecule is CC(C)C(=O)Nc1ccc([N+](=O)[O-])c(C(F)(F)F)c1.N#Cc1ccc(C(c2ccc(C#N)cc2)n2cncn2)cc1. The molecule has 0 saturated heterocycles. The van der Waals surface area contributed by atoms with E-state index in [0.29, 0.717) is 17.2 Å². The van der Waals surface area contributed by atoms with Crippen LogP contribution in [-0.2, 0) is 11.0 Å². The molecule has 1 amide bonds. The van der Waals surface area contributed by atoms with E-state index in [1.807, 2.05) is 24.3 Å². The fourth-order valence-corrected chi connectivity index (χ4v) is 3.62. The number of nitrogens with zero attached hydrogens (tertiary/aromatic N) is 6. The zero-order valence-corrected chi connectivity index (χ0v) is 21.7. The standard InChI is InChI=1S/C17H11N5.C11H11F3N2O3/c18-9-13-1-5-15(6-2-13)17(22-12-20-11-21-22)16-7-3-14(10-19)4-8-16;1-6(2)10(17)15-7-3-4-9(16(18)19)8(5-7)11(12,13)14/h1-8,11-12,17H;3-6H,1-2H3,(H,15,17). The Hall–Kier alpha value is -5.56. The predicted molar refractivity (Wildman–Crippen MR) is 141 cm³/mol. The number of aromatic nitrogens is 3. The molecule has 208 valence electrons. The van der Waals surface area contributed by atoms with Gasteiger partial charge in [0, 0.05) is 17.7 Å². The molecule has 4 rings (SSSR count). The second-order valence-electron chi connectivity index (χ2n) is 8.88. The highest BCUT2D eigenvalue weighted by atomic mass is 19.4. The van der Waals surface area contributed by atoms with Crippen molar-refractivity contribution in [1.29, 1.82) is 10.5 Å². The first kappa shape index (κ1) is 30.0. The van der Waals surface area contributed by atoms with Gasteiger partial charge in [-0.1, -0.05) is 38.1 Å². The van der Waals surface area contributed by atoms with Gasteiger partial charge in [-0.05, 0) is 47.5 Å². The number of hydrogen-bond acceptors (Lipinski definition) is 7. The van der Waals surface area contributed by atoms with Gasteiger partial charge >= 0.3 is 6.18 Å². The molecule has 0 atom stereocenters. The largest absolute Gasteiger partial charge is 0.423 e. The van der Waals surface area contributed by atoms with E-state index in [9.17, 15) is 28.1 Å². The summed E-state index contributed by atoms with van der Waals surface area (Å²) in [7, 11) is 0. The van der Waals surface area contributed by atoms with Crippen molar-refractivity contribution in [3.63, 3.8) is 0 Å². The maximum atomic E-state index is 12.7. The number of anilines is 1. The van der Waals surface area contributed by atoms with Crippen LogP contribution in [0, 0.1) is 38.7 Å².